The number of fused-ring (bicyclic) bond motifs is 1. The highest BCUT2D eigenvalue weighted by Gasteiger charge is 2.42. The van der Waals surface area contributed by atoms with Crippen molar-refractivity contribution in [2.75, 3.05) is 7.11 Å². The van der Waals surface area contributed by atoms with E-state index in [-0.39, 0.29) is 0 Å². The van der Waals surface area contributed by atoms with E-state index in [0.29, 0.717) is 42.3 Å². The molecule has 0 fully saturated rings. The molecule has 0 aliphatic carbocycles. The normalized spacial score (nSPS) is 17.3. The Morgan fingerprint density at radius 3 is 2.71 bits per heavy atom. The zero-order valence-electron chi connectivity index (χ0n) is 19.2. The van der Waals surface area contributed by atoms with E-state index in [9.17, 15) is 14.0 Å². The minimum absolute atomic E-state index is 0.373. The van der Waals surface area contributed by atoms with Gasteiger partial charge in [0.25, 0.3) is 0 Å². The summed E-state index contributed by atoms with van der Waals surface area (Å²) in [4.78, 5) is 8.87. The van der Waals surface area contributed by atoms with Crippen molar-refractivity contribution in [3.05, 3.63) is 89.0 Å². The maximum Gasteiger partial charge on any atom is 0.174 e. The summed E-state index contributed by atoms with van der Waals surface area (Å²) in [6.45, 7) is 2.52. The molecule has 9 heteroatoms. The predicted octanol–water partition coefficient (Wildman–Crippen LogP) is 4.83. The lowest BCUT2D eigenvalue weighted by Crippen LogP contribution is -2.34. The number of methoxy groups -OCH3 is 1. The fraction of sp³-hybridized carbons (Fsp3) is 0.231. The summed E-state index contributed by atoms with van der Waals surface area (Å²) >= 11 is 0. The number of nitriles is 1. The summed E-state index contributed by atoms with van der Waals surface area (Å²) in [6.07, 6.45) is 8.38. The molecule has 176 valence electrons. The van der Waals surface area contributed by atoms with Gasteiger partial charge in [0.15, 0.2) is 23.3 Å². The molecule has 1 atom stereocenters. The zero-order chi connectivity index (χ0) is 24.6. The second-order valence-electron chi connectivity index (χ2n) is 8.45. The second kappa shape index (κ2) is 8.80. The van der Waals surface area contributed by atoms with Crippen molar-refractivity contribution >= 4 is 12.2 Å². The third-order valence-corrected chi connectivity index (χ3v) is 6.21. The van der Waals surface area contributed by atoms with Crippen LogP contribution in [0.4, 0.5) is 8.78 Å². The van der Waals surface area contributed by atoms with Crippen LogP contribution in [0.1, 0.15) is 41.3 Å². The van der Waals surface area contributed by atoms with Crippen molar-refractivity contribution < 1.29 is 13.5 Å². The number of ether oxygens (including phenoxy) is 1. The minimum Gasteiger partial charge on any atom is -0.495 e. The number of benzene rings is 2. The molecule has 5 rings (SSSR count). The van der Waals surface area contributed by atoms with Crippen molar-refractivity contribution in [3.8, 4) is 17.5 Å². The van der Waals surface area contributed by atoms with Gasteiger partial charge < -0.3 is 9.30 Å². The van der Waals surface area contributed by atoms with E-state index in [0.717, 1.165) is 29.1 Å². The lowest BCUT2D eigenvalue weighted by Gasteiger charge is -2.30. The van der Waals surface area contributed by atoms with Crippen molar-refractivity contribution in [3.63, 3.8) is 0 Å². The zero-order valence-corrected chi connectivity index (χ0v) is 19.2. The summed E-state index contributed by atoms with van der Waals surface area (Å²) < 4.78 is 36.6. The smallest absolute Gasteiger partial charge is 0.174 e. The largest absolute Gasteiger partial charge is 0.495 e. The van der Waals surface area contributed by atoms with Gasteiger partial charge in [-0.05, 0) is 61.2 Å². The van der Waals surface area contributed by atoms with Gasteiger partial charge in [0.05, 0.1) is 30.9 Å². The molecule has 2 aromatic heterocycles. The van der Waals surface area contributed by atoms with Gasteiger partial charge in [-0.1, -0.05) is 18.2 Å². The number of hydrogen-bond donors (Lipinski definition) is 0. The second-order valence-corrected chi connectivity index (χ2v) is 8.45. The monoisotopic (exact) mass is 472 g/mol. The maximum absolute atomic E-state index is 14.0. The highest BCUT2D eigenvalue weighted by atomic mass is 19.2. The van der Waals surface area contributed by atoms with Gasteiger partial charge in [0.2, 0.25) is 0 Å². The molecule has 7 nitrogen and oxygen atoms in total. The number of aromatic nitrogens is 5. The van der Waals surface area contributed by atoms with E-state index >= 15 is 0 Å². The van der Waals surface area contributed by atoms with Crippen molar-refractivity contribution in [2.24, 2.45) is 0 Å². The van der Waals surface area contributed by atoms with Gasteiger partial charge in [-0.25, -0.2) is 23.4 Å². The Morgan fingerprint density at radius 1 is 1.14 bits per heavy atom. The molecule has 1 aliphatic heterocycles. The SMILES string of the molecule is COc1cc(C=Cc2nc3n(n2)CCC[C@@]3(C#N)c2ccc(F)c(F)c2)ccc1-n1cnc(C)c1. The van der Waals surface area contributed by atoms with Crippen LogP contribution < -0.4 is 4.74 Å². The molecule has 0 amide bonds. The number of halogens is 2. The molecule has 0 N–H and O–H groups in total. The predicted molar refractivity (Wildman–Crippen MR) is 126 cm³/mol. The summed E-state index contributed by atoms with van der Waals surface area (Å²) in [5.74, 6) is -0.398. The Bertz CT molecular complexity index is 1480. The van der Waals surface area contributed by atoms with Crippen LogP contribution in [-0.2, 0) is 12.0 Å². The topological polar surface area (TPSA) is 81.5 Å². The fourth-order valence-electron chi connectivity index (χ4n) is 4.45. The van der Waals surface area contributed by atoms with Gasteiger partial charge >= 0.3 is 0 Å². The molecule has 1 aliphatic rings. The van der Waals surface area contributed by atoms with E-state index in [4.69, 9.17) is 4.74 Å². The quantitative estimate of drug-likeness (QED) is 0.416. The Labute approximate surface area is 200 Å². The number of nitrogens with zero attached hydrogens (tertiary/aromatic N) is 6. The molecule has 0 radical (unpaired) electrons. The summed E-state index contributed by atoms with van der Waals surface area (Å²) in [5.41, 5.74) is 1.83. The third kappa shape index (κ3) is 3.97. The van der Waals surface area contributed by atoms with Gasteiger partial charge in [-0.3, -0.25) is 0 Å². The Balaban J connectivity index is 1.47. The first-order chi connectivity index (χ1) is 16.9. The van der Waals surface area contributed by atoms with E-state index in [1.807, 2.05) is 42.0 Å². The van der Waals surface area contributed by atoms with Crippen LogP contribution in [0.3, 0.4) is 0 Å². The first kappa shape index (κ1) is 22.5. The molecule has 35 heavy (non-hydrogen) atoms. The highest BCUT2D eigenvalue weighted by molar-refractivity contribution is 5.69. The maximum atomic E-state index is 14.0. The van der Waals surface area contributed by atoms with Crippen LogP contribution in [0.2, 0.25) is 0 Å². The van der Waals surface area contributed by atoms with Crippen molar-refractivity contribution in [2.45, 2.75) is 31.7 Å². The van der Waals surface area contributed by atoms with Crippen LogP contribution in [0.15, 0.2) is 48.9 Å². The van der Waals surface area contributed by atoms with E-state index < -0.39 is 17.0 Å². The average molecular weight is 472 g/mol. The van der Waals surface area contributed by atoms with E-state index in [2.05, 4.69) is 21.1 Å². The van der Waals surface area contributed by atoms with Crippen LogP contribution in [-0.4, -0.2) is 31.4 Å². The lowest BCUT2D eigenvalue weighted by atomic mass is 9.75. The fourth-order valence-corrected chi connectivity index (χ4v) is 4.45. The molecule has 0 spiro atoms. The number of imidazole rings is 1. The number of rotatable bonds is 5. The molecule has 2 aromatic carbocycles. The number of hydrogen-bond acceptors (Lipinski definition) is 5. The van der Waals surface area contributed by atoms with Gasteiger partial charge in [0.1, 0.15) is 11.2 Å². The number of aryl methyl sites for hydroxylation is 2. The third-order valence-electron chi connectivity index (χ3n) is 6.21. The molecule has 0 saturated carbocycles. The first-order valence-corrected chi connectivity index (χ1v) is 11.1. The Morgan fingerprint density at radius 2 is 2.00 bits per heavy atom. The molecule has 0 unspecified atom stereocenters. The first-order valence-electron chi connectivity index (χ1n) is 11.1. The average Bonchev–Trinajstić information content (AvgIpc) is 3.50. The van der Waals surface area contributed by atoms with Gasteiger partial charge in [0, 0.05) is 12.7 Å². The minimum atomic E-state index is -1.19. The summed E-state index contributed by atoms with van der Waals surface area (Å²) in [6, 6.07) is 11.6. The molecule has 4 aromatic rings. The summed E-state index contributed by atoms with van der Waals surface area (Å²) in [5, 5.41) is 14.7. The standard InChI is InChI=1S/C26H22F2N6O/c1-17-14-33(16-30-17)22-8-4-18(12-23(22)35-2)5-9-24-31-25-26(15-29,10-3-11-34(25)32-24)19-6-7-20(27)21(28)13-19/h4-9,12-14,16H,3,10-11H2,1-2H3/t26-/m1/s1. The molecular weight excluding hydrogens is 450 g/mol. The van der Waals surface area contributed by atoms with Crippen LogP contribution >= 0.6 is 0 Å². The van der Waals surface area contributed by atoms with E-state index in [1.165, 1.54) is 6.07 Å². The Kier molecular flexibility index (Phi) is 5.65. The van der Waals surface area contributed by atoms with Gasteiger partial charge in [-0.2, -0.15) is 10.4 Å². The lowest BCUT2D eigenvalue weighted by molar-refractivity contribution is 0.390. The van der Waals surface area contributed by atoms with E-state index in [1.54, 1.807) is 24.2 Å². The van der Waals surface area contributed by atoms with Crippen LogP contribution in [0, 0.1) is 29.9 Å². The molecule has 0 bridgehead atoms. The Hall–Kier alpha value is -4.32. The molecule has 3 heterocycles. The van der Waals surface area contributed by atoms with Crippen LogP contribution in [0.25, 0.3) is 17.8 Å². The van der Waals surface area contributed by atoms with Crippen LogP contribution in [0.5, 0.6) is 5.75 Å². The highest BCUT2D eigenvalue weighted by Crippen LogP contribution is 2.39. The molecule has 0 saturated heterocycles. The van der Waals surface area contributed by atoms with Gasteiger partial charge in [-0.15, -0.1) is 0 Å². The molecular formula is C26H22F2N6O. The van der Waals surface area contributed by atoms with Crippen molar-refractivity contribution in [1.29, 1.82) is 5.26 Å². The summed E-state index contributed by atoms with van der Waals surface area (Å²) in [7, 11) is 1.61. The van der Waals surface area contributed by atoms with Crippen molar-refractivity contribution in [1.82, 2.24) is 24.3 Å².